The third-order valence-corrected chi connectivity index (χ3v) is 6.10. The molecular weight excluding hydrogens is 380 g/mol. The van der Waals surface area contributed by atoms with E-state index in [4.69, 9.17) is 10.5 Å². The predicted octanol–water partition coefficient (Wildman–Crippen LogP) is 1.74. The third kappa shape index (κ3) is 4.60. The van der Waals surface area contributed by atoms with Crippen molar-refractivity contribution in [1.29, 1.82) is 0 Å². The maximum atomic E-state index is 12.7. The maximum Gasteiger partial charge on any atom is 0.211 e. The van der Waals surface area contributed by atoms with Crippen molar-refractivity contribution < 1.29 is 17.9 Å². The van der Waals surface area contributed by atoms with Gasteiger partial charge in [0.05, 0.1) is 18.9 Å². The van der Waals surface area contributed by atoms with Crippen LogP contribution in [0.15, 0.2) is 36.4 Å². The number of benzene rings is 1. The Hall–Kier alpha value is -2.65. The Morgan fingerprint density at radius 2 is 1.82 bits per heavy atom. The van der Waals surface area contributed by atoms with Gasteiger partial charge >= 0.3 is 0 Å². The second kappa shape index (κ2) is 8.15. The summed E-state index contributed by atoms with van der Waals surface area (Å²) in [5.41, 5.74) is 6.85. The van der Waals surface area contributed by atoms with E-state index in [1.807, 2.05) is 0 Å². The lowest BCUT2D eigenvalue weighted by Gasteiger charge is -2.31. The number of anilines is 2. The minimum atomic E-state index is -3.15. The Bertz CT molecular complexity index is 952. The van der Waals surface area contributed by atoms with Crippen LogP contribution in [0, 0.1) is 0 Å². The number of nitrogens with zero attached hydrogens (tertiary/aromatic N) is 2. The lowest BCUT2D eigenvalue weighted by molar-refractivity contribution is 0.103. The average molecular weight is 404 g/mol. The number of ether oxygens (including phenoxy) is 1. The molecule has 9 heteroatoms. The second-order valence-corrected chi connectivity index (χ2v) is 8.75. The van der Waals surface area contributed by atoms with Gasteiger partial charge < -0.3 is 15.8 Å². The summed E-state index contributed by atoms with van der Waals surface area (Å²) in [5, 5.41) is 3.27. The highest BCUT2D eigenvalue weighted by molar-refractivity contribution is 7.88. The molecule has 28 heavy (non-hydrogen) atoms. The molecule has 3 N–H and O–H groups in total. The van der Waals surface area contributed by atoms with Crippen molar-refractivity contribution in [3.05, 3.63) is 47.5 Å². The Morgan fingerprint density at radius 3 is 2.36 bits per heavy atom. The molecule has 8 nitrogen and oxygen atoms in total. The van der Waals surface area contributed by atoms with Crippen molar-refractivity contribution in [3.8, 4) is 5.75 Å². The third-order valence-electron chi connectivity index (χ3n) is 4.80. The topological polar surface area (TPSA) is 115 Å². The van der Waals surface area contributed by atoms with E-state index in [1.165, 1.54) is 10.6 Å². The maximum absolute atomic E-state index is 12.7. The summed E-state index contributed by atoms with van der Waals surface area (Å²) in [7, 11) is -1.59. The molecule has 1 aromatic heterocycles. The highest BCUT2D eigenvalue weighted by Gasteiger charge is 2.25. The fourth-order valence-corrected chi connectivity index (χ4v) is 4.06. The van der Waals surface area contributed by atoms with Crippen LogP contribution in [0.4, 0.5) is 11.6 Å². The van der Waals surface area contributed by atoms with Crippen molar-refractivity contribution in [2.75, 3.05) is 37.5 Å². The van der Waals surface area contributed by atoms with Crippen LogP contribution >= 0.6 is 0 Å². The molecule has 1 fully saturated rings. The first-order valence-corrected chi connectivity index (χ1v) is 10.8. The lowest BCUT2D eigenvalue weighted by atomic mass is 10.0. The molecule has 1 aliphatic heterocycles. The van der Waals surface area contributed by atoms with Gasteiger partial charge in [0.25, 0.3) is 0 Å². The highest BCUT2D eigenvalue weighted by Crippen LogP contribution is 2.22. The van der Waals surface area contributed by atoms with Crippen LogP contribution in [0.25, 0.3) is 0 Å². The largest absolute Gasteiger partial charge is 0.497 e. The summed E-state index contributed by atoms with van der Waals surface area (Å²) in [5.74, 6) is 1.19. The summed E-state index contributed by atoms with van der Waals surface area (Å²) in [6, 6.07) is 10.3. The number of hydrogen-bond donors (Lipinski definition) is 2. The van der Waals surface area contributed by atoms with Gasteiger partial charge in [0.1, 0.15) is 17.4 Å². The number of nitrogens with one attached hydrogen (secondary N) is 1. The molecule has 1 saturated heterocycles. The molecule has 0 atom stereocenters. The first-order valence-electron chi connectivity index (χ1n) is 8.95. The Kier molecular flexibility index (Phi) is 5.85. The molecule has 1 aromatic carbocycles. The number of pyridine rings is 1. The van der Waals surface area contributed by atoms with Crippen LogP contribution in [-0.4, -0.2) is 56.0 Å². The van der Waals surface area contributed by atoms with E-state index in [9.17, 15) is 13.2 Å². The summed E-state index contributed by atoms with van der Waals surface area (Å²) >= 11 is 0. The fraction of sp³-hybridized carbons (Fsp3) is 0.368. The number of piperidine rings is 1. The quantitative estimate of drug-likeness (QED) is 0.705. The summed E-state index contributed by atoms with van der Waals surface area (Å²) in [6.45, 7) is 0.944. The van der Waals surface area contributed by atoms with Crippen molar-refractivity contribution in [2.24, 2.45) is 0 Å². The average Bonchev–Trinajstić information content (AvgIpc) is 2.67. The molecule has 1 aliphatic rings. The summed E-state index contributed by atoms with van der Waals surface area (Å²) in [6.07, 6.45) is 2.59. The first-order chi connectivity index (χ1) is 13.3. The van der Waals surface area contributed by atoms with E-state index in [1.54, 1.807) is 43.5 Å². The smallest absolute Gasteiger partial charge is 0.211 e. The SMILES string of the molecule is COc1ccc(C(=O)c2ccc(NC3CCN(S(C)(=O)=O)CC3)nc2N)cc1. The number of nitrogen functional groups attached to an aromatic ring is 1. The molecule has 0 unspecified atom stereocenters. The normalized spacial score (nSPS) is 15.9. The van der Waals surface area contributed by atoms with Crippen molar-refractivity contribution in [2.45, 2.75) is 18.9 Å². The van der Waals surface area contributed by atoms with Gasteiger partial charge in [-0.3, -0.25) is 4.79 Å². The van der Waals surface area contributed by atoms with E-state index < -0.39 is 10.0 Å². The number of nitrogens with two attached hydrogens (primary N) is 1. The molecule has 150 valence electrons. The standard InChI is InChI=1S/C19H24N4O4S/c1-27-15-5-3-13(4-6-15)18(24)16-7-8-17(22-19(16)20)21-14-9-11-23(12-10-14)28(2,25)26/h3-8,14H,9-12H2,1-2H3,(H3,20,21,22). The number of carbonyl (C=O) groups is 1. The van der Waals surface area contributed by atoms with Crippen molar-refractivity contribution in [3.63, 3.8) is 0 Å². The molecule has 3 rings (SSSR count). The van der Waals surface area contributed by atoms with Crippen LogP contribution in [0.5, 0.6) is 5.75 Å². The number of aromatic nitrogens is 1. The minimum Gasteiger partial charge on any atom is -0.497 e. The van der Waals surface area contributed by atoms with Crippen LogP contribution in [0.3, 0.4) is 0 Å². The molecule has 0 aliphatic carbocycles. The molecule has 0 amide bonds. The first kappa shape index (κ1) is 20.1. The van der Waals surface area contributed by atoms with Crippen LogP contribution in [0.2, 0.25) is 0 Å². The van der Waals surface area contributed by atoms with E-state index in [2.05, 4.69) is 10.3 Å². The number of sulfonamides is 1. The molecular formula is C19H24N4O4S. The number of methoxy groups -OCH3 is 1. The molecule has 0 bridgehead atoms. The Balaban J connectivity index is 1.66. The van der Waals surface area contributed by atoms with Crippen LogP contribution < -0.4 is 15.8 Å². The van der Waals surface area contributed by atoms with Gasteiger partial charge in [-0.2, -0.15) is 0 Å². The van der Waals surface area contributed by atoms with Crippen molar-refractivity contribution in [1.82, 2.24) is 9.29 Å². The van der Waals surface area contributed by atoms with Gasteiger partial charge in [-0.25, -0.2) is 17.7 Å². The van der Waals surface area contributed by atoms with E-state index in [-0.39, 0.29) is 17.6 Å². The second-order valence-electron chi connectivity index (χ2n) is 6.77. The molecule has 0 spiro atoms. The molecule has 0 saturated carbocycles. The Labute approximate surface area is 164 Å². The molecule has 2 heterocycles. The fourth-order valence-electron chi connectivity index (χ4n) is 3.19. The number of carbonyl (C=O) groups excluding carboxylic acids is 1. The minimum absolute atomic E-state index is 0.105. The zero-order chi connectivity index (χ0) is 20.3. The van der Waals surface area contributed by atoms with E-state index in [0.29, 0.717) is 48.6 Å². The van der Waals surface area contributed by atoms with Crippen LogP contribution in [-0.2, 0) is 10.0 Å². The monoisotopic (exact) mass is 404 g/mol. The summed E-state index contributed by atoms with van der Waals surface area (Å²) in [4.78, 5) is 17.0. The Morgan fingerprint density at radius 1 is 1.18 bits per heavy atom. The van der Waals surface area contributed by atoms with Gasteiger partial charge in [0.2, 0.25) is 10.0 Å². The number of hydrogen-bond acceptors (Lipinski definition) is 7. The number of ketones is 1. The van der Waals surface area contributed by atoms with Gasteiger partial charge in [-0.15, -0.1) is 0 Å². The van der Waals surface area contributed by atoms with Gasteiger partial charge in [-0.05, 0) is 49.2 Å². The van der Waals surface area contributed by atoms with E-state index in [0.717, 1.165) is 0 Å². The van der Waals surface area contributed by atoms with Gasteiger partial charge in [0.15, 0.2) is 5.78 Å². The predicted molar refractivity (Wildman–Crippen MR) is 108 cm³/mol. The summed E-state index contributed by atoms with van der Waals surface area (Å²) < 4.78 is 29.7. The zero-order valence-corrected chi connectivity index (χ0v) is 16.7. The lowest BCUT2D eigenvalue weighted by Crippen LogP contribution is -2.41. The van der Waals surface area contributed by atoms with E-state index >= 15 is 0 Å². The van der Waals surface area contributed by atoms with Crippen LogP contribution in [0.1, 0.15) is 28.8 Å². The van der Waals surface area contributed by atoms with Crippen molar-refractivity contribution >= 4 is 27.4 Å². The number of rotatable bonds is 6. The molecule has 0 radical (unpaired) electrons. The molecule has 2 aromatic rings. The van der Waals surface area contributed by atoms with Gasteiger partial charge in [0, 0.05) is 24.7 Å². The van der Waals surface area contributed by atoms with Gasteiger partial charge in [-0.1, -0.05) is 0 Å². The zero-order valence-electron chi connectivity index (χ0n) is 15.9. The highest BCUT2D eigenvalue weighted by atomic mass is 32.2.